The number of rotatable bonds is 3. The van der Waals surface area contributed by atoms with Crippen LogP contribution in [-0.2, 0) is 6.61 Å². The molecular formula is C18H16O2. The van der Waals surface area contributed by atoms with Gasteiger partial charge in [0, 0.05) is 0 Å². The van der Waals surface area contributed by atoms with E-state index in [4.69, 9.17) is 9.84 Å². The first kappa shape index (κ1) is 12.7. The van der Waals surface area contributed by atoms with Gasteiger partial charge in [-0.05, 0) is 51.7 Å². The minimum Gasteiger partial charge on any atom is -0.497 e. The van der Waals surface area contributed by atoms with E-state index in [1.165, 1.54) is 16.5 Å². The molecule has 3 rings (SSSR count). The van der Waals surface area contributed by atoms with E-state index in [-0.39, 0.29) is 6.61 Å². The Morgan fingerprint density at radius 3 is 2.15 bits per heavy atom. The second-order valence-electron chi connectivity index (χ2n) is 4.78. The molecule has 2 heteroatoms. The molecule has 0 saturated heterocycles. The van der Waals surface area contributed by atoms with Crippen LogP contribution in [-0.4, -0.2) is 12.2 Å². The van der Waals surface area contributed by atoms with Crippen LogP contribution in [0.1, 0.15) is 5.56 Å². The Labute approximate surface area is 118 Å². The molecule has 0 bridgehead atoms. The molecule has 0 unspecified atom stereocenters. The first-order chi connectivity index (χ1) is 9.80. The number of benzene rings is 3. The molecule has 0 aromatic heterocycles. The monoisotopic (exact) mass is 264 g/mol. The van der Waals surface area contributed by atoms with Crippen LogP contribution in [0.3, 0.4) is 0 Å². The summed E-state index contributed by atoms with van der Waals surface area (Å²) in [6.45, 7) is 0.0795. The van der Waals surface area contributed by atoms with E-state index in [1.54, 1.807) is 7.11 Å². The normalized spacial score (nSPS) is 10.7. The predicted octanol–water partition coefficient (Wildman–Crippen LogP) is 4.01. The third-order valence-electron chi connectivity index (χ3n) is 3.51. The molecule has 0 saturated carbocycles. The van der Waals surface area contributed by atoms with Gasteiger partial charge >= 0.3 is 0 Å². The van der Waals surface area contributed by atoms with Crippen LogP contribution in [0.5, 0.6) is 5.75 Å². The molecule has 0 aliphatic carbocycles. The summed E-state index contributed by atoms with van der Waals surface area (Å²) in [6, 6.07) is 20.4. The largest absolute Gasteiger partial charge is 0.497 e. The van der Waals surface area contributed by atoms with E-state index < -0.39 is 0 Å². The molecule has 3 aromatic rings. The van der Waals surface area contributed by atoms with Crippen LogP contribution in [0.2, 0.25) is 0 Å². The Kier molecular flexibility index (Phi) is 3.40. The SMILES string of the molecule is COc1ccc(-c2ccc3cc(CO)ccc3c2)cc1. The van der Waals surface area contributed by atoms with Crippen LogP contribution < -0.4 is 4.74 Å². The Hall–Kier alpha value is -2.32. The summed E-state index contributed by atoms with van der Waals surface area (Å²) in [5.41, 5.74) is 3.28. The van der Waals surface area contributed by atoms with Crippen molar-refractivity contribution in [1.29, 1.82) is 0 Å². The van der Waals surface area contributed by atoms with Gasteiger partial charge in [-0.15, -0.1) is 0 Å². The average molecular weight is 264 g/mol. The summed E-state index contributed by atoms with van der Waals surface area (Å²) in [4.78, 5) is 0. The summed E-state index contributed by atoms with van der Waals surface area (Å²) in [5.74, 6) is 0.863. The van der Waals surface area contributed by atoms with Crippen molar-refractivity contribution >= 4 is 10.8 Å². The molecule has 3 aromatic carbocycles. The lowest BCUT2D eigenvalue weighted by atomic mass is 10.00. The highest BCUT2D eigenvalue weighted by atomic mass is 16.5. The van der Waals surface area contributed by atoms with E-state index >= 15 is 0 Å². The second-order valence-corrected chi connectivity index (χ2v) is 4.78. The van der Waals surface area contributed by atoms with Crippen LogP contribution >= 0.6 is 0 Å². The van der Waals surface area contributed by atoms with Gasteiger partial charge in [0.05, 0.1) is 13.7 Å². The molecule has 0 aliphatic rings. The van der Waals surface area contributed by atoms with E-state index in [0.717, 1.165) is 16.7 Å². The lowest BCUT2D eigenvalue weighted by molar-refractivity contribution is 0.282. The quantitative estimate of drug-likeness (QED) is 0.774. The third kappa shape index (κ3) is 2.38. The summed E-state index contributed by atoms with van der Waals surface area (Å²) >= 11 is 0. The fraction of sp³-hybridized carbons (Fsp3) is 0.111. The van der Waals surface area contributed by atoms with Gasteiger partial charge in [-0.25, -0.2) is 0 Å². The Bertz CT molecular complexity index is 730. The van der Waals surface area contributed by atoms with Crippen LogP contribution in [0.4, 0.5) is 0 Å². The predicted molar refractivity (Wildman–Crippen MR) is 81.9 cm³/mol. The van der Waals surface area contributed by atoms with Crippen molar-refractivity contribution in [3.05, 3.63) is 66.2 Å². The van der Waals surface area contributed by atoms with Gasteiger partial charge < -0.3 is 9.84 Å². The maximum Gasteiger partial charge on any atom is 0.118 e. The topological polar surface area (TPSA) is 29.5 Å². The molecule has 0 amide bonds. The van der Waals surface area contributed by atoms with Gasteiger partial charge in [0.15, 0.2) is 0 Å². The van der Waals surface area contributed by atoms with Crippen molar-refractivity contribution in [2.45, 2.75) is 6.61 Å². The lowest BCUT2D eigenvalue weighted by Crippen LogP contribution is -1.85. The maximum absolute atomic E-state index is 9.17. The van der Waals surface area contributed by atoms with Gasteiger partial charge in [-0.3, -0.25) is 0 Å². The number of methoxy groups -OCH3 is 1. The van der Waals surface area contributed by atoms with Gasteiger partial charge in [0.2, 0.25) is 0 Å². The van der Waals surface area contributed by atoms with Crippen LogP contribution in [0.15, 0.2) is 60.7 Å². The Balaban J connectivity index is 2.03. The standard InChI is InChI=1S/C18H16O2/c1-20-18-8-6-14(7-9-18)16-5-4-15-10-13(12-19)2-3-17(15)11-16/h2-11,19H,12H2,1H3. The molecular weight excluding hydrogens is 248 g/mol. The zero-order valence-electron chi connectivity index (χ0n) is 11.3. The highest BCUT2D eigenvalue weighted by Gasteiger charge is 2.01. The average Bonchev–Trinajstić information content (AvgIpc) is 2.54. The highest BCUT2D eigenvalue weighted by Crippen LogP contribution is 2.26. The summed E-state index contributed by atoms with van der Waals surface area (Å²) < 4.78 is 5.18. The molecule has 2 nitrogen and oxygen atoms in total. The van der Waals surface area contributed by atoms with E-state index in [9.17, 15) is 0 Å². The fourth-order valence-corrected chi connectivity index (χ4v) is 2.36. The van der Waals surface area contributed by atoms with E-state index in [2.05, 4.69) is 30.3 Å². The molecule has 0 heterocycles. The van der Waals surface area contributed by atoms with Gasteiger partial charge in [0.25, 0.3) is 0 Å². The lowest BCUT2D eigenvalue weighted by Gasteiger charge is -2.06. The number of aliphatic hydroxyl groups is 1. The highest BCUT2D eigenvalue weighted by molar-refractivity contribution is 5.87. The zero-order valence-corrected chi connectivity index (χ0v) is 11.3. The minimum absolute atomic E-state index is 0.0795. The Morgan fingerprint density at radius 2 is 1.45 bits per heavy atom. The van der Waals surface area contributed by atoms with Gasteiger partial charge in [-0.2, -0.15) is 0 Å². The maximum atomic E-state index is 9.17. The summed E-state index contributed by atoms with van der Waals surface area (Å²) in [6.07, 6.45) is 0. The first-order valence-electron chi connectivity index (χ1n) is 6.58. The van der Waals surface area contributed by atoms with Crippen LogP contribution in [0.25, 0.3) is 21.9 Å². The van der Waals surface area contributed by atoms with Crippen LogP contribution in [0, 0.1) is 0 Å². The van der Waals surface area contributed by atoms with Gasteiger partial charge in [0.1, 0.15) is 5.75 Å². The number of ether oxygens (including phenoxy) is 1. The zero-order chi connectivity index (χ0) is 13.9. The smallest absolute Gasteiger partial charge is 0.118 e. The number of hydrogen-bond acceptors (Lipinski definition) is 2. The Morgan fingerprint density at radius 1 is 0.800 bits per heavy atom. The van der Waals surface area contributed by atoms with Crippen molar-refractivity contribution in [2.75, 3.05) is 7.11 Å². The van der Waals surface area contributed by atoms with Crippen molar-refractivity contribution < 1.29 is 9.84 Å². The summed E-state index contributed by atoms with van der Waals surface area (Å²) in [5, 5.41) is 11.5. The van der Waals surface area contributed by atoms with E-state index in [0.29, 0.717) is 0 Å². The molecule has 0 fully saturated rings. The molecule has 100 valence electrons. The van der Waals surface area contributed by atoms with Gasteiger partial charge in [-0.1, -0.05) is 36.4 Å². The summed E-state index contributed by atoms with van der Waals surface area (Å²) in [7, 11) is 1.67. The number of fused-ring (bicyclic) bond motifs is 1. The van der Waals surface area contributed by atoms with Crippen molar-refractivity contribution in [1.82, 2.24) is 0 Å². The van der Waals surface area contributed by atoms with Crippen molar-refractivity contribution in [2.24, 2.45) is 0 Å². The third-order valence-corrected chi connectivity index (χ3v) is 3.51. The molecule has 1 N–H and O–H groups in total. The molecule has 0 atom stereocenters. The van der Waals surface area contributed by atoms with Crippen molar-refractivity contribution in [3.8, 4) is 16.9 Å². The number of aliphatic hydroxyl groups excluding tert-OH is 1. The first-order valence-corrected chi connectivity index (χ1v) is 6.58. The van der Waals surface area contributed by atoms with E-state index in [1.807, 2.05) is 30.3 Å². The molecule has 20 heavy (non-hydrogen) atoms. The van der Waals surface area contributed by atoms with Crippen molar-refractivity contribution in [3.63, 3.8) is 0 Å². The molecule has 0 aliphatic heterocycles. The molecule has 0 radical (unpaired) electrons. The number of hydrogen-bond donors (Lipinski definition) is 1. The fourth-order valence-electron chi connectivity index (χ4n) is 2.36. The second kappa shape index (κ2) is 5.35. The minimum atomic E-state index is 0.0795. The molecule has 0 spiro atoms.